The zero-order chi connectivity index (χ0) is 24.0. The molecule has 0 fully saturated rings. The zero-order valence-corrected chi connectivity index (χ0v) is 24.9. The maximum Gasteiger partial charge on any atom is 4.00 e. The fraction of sp³-hybridized carbons (Fsp3) is 0. The van der Waals surface area contributed by atoms with Crippen LogP contribution in [0.4, 0.5) is 0 Å². The molecule has 0 bridgehead atoms. The van der Waals surface area contributed by atoms with Gasteiger partial charge in [-0.1, -0.05) is 24.3 Å². The number of benzene rings is 4. The van der Waals surface area contributed by atoms with E-state index in [0.717, 1.165) is 22.3 Å². The van der Waals surface area contributed by atoms with Gasteiger partial charge in [0.1, 0.15) is 0 Å². The summed E-state index contributed by atoms with van der Waals surface area (Å²) in [6.07, 6.45) is 0. The van der Waals surface area contributed by atoms with Crippen LogP contribution < -0.4 is 0 Å². The van der Waals surface area contributed by atoms with Crippen LogP contribution >= 0.6 is 27.9 Å². The third-order valence-corrected chi connectivity index (χ3v) is 3.37. The van der Waals surface area contributed by atoms with Gasteiger partial charge in [0, 0.05) is 0 Å². The first kappa shape index (κ1) is 37.2. The molecule has 34 heavy (non-hydrogen) atoms. The molecule has 0 saturated carbocycles. The summed E-state index contributed by atoms with van der Waals surface area (Å²) in [6, 6.07) is 39.5. The Labute approximate surface area is 241 Å². The van der Waals surface area contributed by atoms with Crippen molar-refractivity contribution < 1.29 is 36.4 Å². The Morgan fingerprint density at radius 3 is 0.559 bits per heavy atom. The van der Waals surface area contributed by atoms with E-state index < -0.39 is 14.7 Å². The first-order valence-electron chi connectivity index (χ1n) is 9.62. The number of rotatable bonds is 0. The van der Waals surface area contributed by atoms with Crippen molar-refractivity contribution in [2.24, 2.45) is 0 Å². The molecular weight excluding hydrogens is 550 g/mol. The molecule has 0 atom stereocenters. The van der Waals surface area contributed by atoms with E-state index in [-0.39, 0.29) is 29.1 Å². The van der Waals surface area contributed by atoms with Crippen LogP contribution in [-0.4, -0.2) is 0 Å². The minimum Gasteiger partial charge on any atom is 4.00 e. The van der Waals surface area contributed by atoms with E-state index in [9.17, 15) is 0 Å². The molecule has 0 aliphatic rings. The standard InChI is InChI=1S/4C7H7.CH3.3ClH.2Ti/c4*1-7-5-3-2-4-6-7;;;;;;/h4*2-6H,1H2;1H3;3*1H;;/q5*-1;;;;2*+4/p-3. The van der Waals surface area contributed by atoms with Gasteiger partial charge in [0.25, 0.3) is 0 Å². The molecule has 5 heteroatoms. The first-order chi connectivity index (χ1) is 15.3. The van der Waals surface area contributed by atoms with Crippen molar-refractivity contribution in [3.63, 3.8) is 0 Å². The molecule has 0 spiro atoms. The summed E-state index contributed by atoms with van der Waals surface area (Å²) in [7, 11) is 14.9. The maximum absolute atomic E-state index is 4.97. The SMILES string of the molecule is [CH2-]c1ccccc1.[CH2-]c1ccccc1.[CH2-]c1ccccc1.[CH2-]c1ccccc1.[CH3-].[Cl][Ti+]([Cl])[Cl].[Ti+4]. The molecule has 4 aromatic carbocycles. The molecule has 0 radical (unpaired) electrons. The monoisotopic (exact) mass is 580 g/mol. The predicted molar refractivity (Wildman–Crippen MR) is 148 cm³/mol. The van der Waals surface area contributed by atoms with Gasteiger partial charge in [-0.05, 0) is 0 Å². The van der Waals surface area contributed by atoms with Crippen molar-refractivity contribution in [2.45, 2.75) is 0 Å². The molecule has 0 unspecified atom stereocenters. The van der Waals surface area contributed by atoms with Crippen molar-refractivity contribution >= 4 is 27.9 Å². The molecule has 0 aromatic heterocycles. The summed E-state index contributed by atoms with van der Waals surface area (Å²) in [5.74, 6) is 0. The minimum atomic E-state index is -1.92. The van der Waals surface area contributed by atoms with Gasteiger partial charge < -0.3 is 7.43 Å². The van der Waals surface area contributed by atoms with Crippen molar-refractivity contribution in [1.82, 2.24) is 0 Å². The molecule has 0 aliphatic heterocycles. The Kier molecular flexibility index (Phi) is 28.7. The molecule has 0 amide bonds. The van der Waals surface area contributed by atoms with Crippen LogP contribution in [0.1, 0.15) is 22.3 Å². The van der Waals surface area contributed by atoms with Crippen LogP contribution in [0.3, 0.4) is 0 Å². The first-order valence-corrected chi connectivity index (χ1v) is 16.1. The summed E-state index contributed by atoms with van der Waals surface area (Å²) in [6.45, 7) is 14.9. The van der Waals surface area contributed by atoms with Gasteiger partial charge in [-0.3, -0.25) is 0 Å². The zero-order valence-electron chi connectivity index (χ0n) is 19.5. The Hall–Kier alpha value is -1.34. The third-order valence-electron chi connectivity index (χ3n) is 3.37. The van der Waals surface area contributed by atoms with Gasteiger partial charge in [0.15, 0.2) is 0 Å². The summed E-state index contributed by atoms with van der Waals surface area (Å²) in [4.78, 5) is 0. The Morgan fingerprint density at radius 1 is 0.382 bits per heavy atom. The van der Waals surface area contributed by atoms with Crippen LogP contribution in [0.25, 0.3) is 0 Å². The van der Waals surface area contributed by atoms with Crippen LogP contribution in [0.15, 0.2) is 121 Å². The second-order valence-electron chi connectivity index (χ2n) is 6.16. The van der Waals surface area contributed by atoms with Crippen LogP contribution in [0.2, 0.25) is 0 Å². The fourth-order valence-electron chi connectivity index (χ4n) is 1.91. The summed E-state index contributed by atoms with van der Waals surface area (Å²) >= 11 is -1.92. The number of halogens is 3. The van der Waals surface area contributed by atoms with E-state index in [0.29, 0.717) is 0 Å². The number of hydrogen-bond donors (Lipinski definition) is 0. The van der Waals surface area contributed by atoms with E-state index in [1.165, 1.54) is 0 Å². The molecular formula is C29H31Cl3Ti2. The molecule has 0 nitrogen and oxygen atoms in total. The van der Waals surface area contributed by atoms with Crippen LogP contribution in [0, 0.1) is 35.1 Å². The largest absolute Gasteiger partial charge is 4.00 e. The average Bonchev–Trinajstić information content (AvgIpc) is 2.77. The topological polar surface area (TPSA) is 0 Å². The molecule has 4 rings (SSSR count). The molecule has 0 aliphatic carbocycles. The van der Waals surface area contributed by atoms with Crippen LogP contribution in [-0.2, 0) is 36.4 Å². The molecule has 4 aromatic rings. The van der Waals surface area contributed by atoms with Crippen molar-refractivity contribution in [1.29, 1.82) is 0 Å². The summed E-state index contributed by atoms with van der Waals surface area (Å²) in [5.41, 5.74) is 4.29. The Bertz CT molecular complexity index is 737. The Morgan fingerprint density at radius 2 is 0.500 bits per heavy atom. The quantitative estimate of drug-likeness (QED) is 0.143. The Balaban J connectivity index is -0.000000352. The molecule has 0 saturated heterocycles. The van der Waals surface area contributed by atoms with E-state index in [2.05, 4.69) is 27.7 Å². The molecule has 0 heterocycles. The van der Waals surface area contributed by atoms with Gasteiger partial charge in [-0.2, -0.15) is 98.5 Å². The number of hydrogen-bond acceptors (Lipinski definition) is 0. The van der Waals surface area contributed by atoms with Crippen molar-refractivity contribution in [3.05, 3.63) is 179 Å². The van der Waals surface area contributed by atoms with Gasteiger partial charge in [-0.15, -0.1) is 48.5 Å². The van der Waals surface area contributed by atoms with Gasteiger partial charge >= 0.3 is 64.3 Å². The third kappa shape index (κ3) is 28.7. The fourth-order valence-corrected chi connectivity index (χ4v) is 1.91. The van der Waals surface area contributed by atoms with E-state index in [1.54, 1.807) is 0 Å². The summed E-state index contributed by atoms with van der Waals surface area (Å²) < 4.78 is 0. The second kappa shape index (κ2) is 26.3. The second-order valence-corrected chi connectivity index (χ2v) is 13.9. The predicted octanol–water partition coefficient (Wildman–Crippen LogP) is 9.99. The van der Waals surface area contributed by atoms with Crippen molar-refractivity contribution in [3.8, 4) is 0 Å². The average molecular weight is 582 g/mol. The van der Waals surface area contributed by atoms with Crippen LogP contribution in [0.5, 0.6) is 0 Å². The molecule has 176 valence electrons. The normalized spacial score (nSPS) is 7.85. The van der Waals surface area contributed by atoms with Crippen molar-refractivity contribution in [2.75, 3.05) is 0 Å². The van der Waals surface area contributed by atoms with Gasteiger partial charge in [0.2, 0.25) is 0 Å². The smallest absolute Gasteiger partial charge is 4.00 e. The van der Waals surface area contributed by atoms with E-state index >= 15 is 0 Å². The van der Waals surface area contributed by atoms with E-state index in [4.69, 9.17) is 27.9 Å². The van der Waals surface area contributed by atoms with Gasteiger partial charge in [0.05, 0.1) is 0 Å². The van der Waals surface area contributed by atoms with E-state index in [1.807, 2.05) is 121 Å². The molecule has 0 N–H and O–H groups in total. The summed E-state index contributed by atoms with van der Waals surface area (Å²) in [5, 5.41) is 0. The minimum absolute atomic E-state index is 0. The maximum atomic E-state index is 4.97. The van der Waals surface area contributed by atoms with Gasteiger partial charge in [-0.25, -0.2) is 0 Å².